The number of rotatable bonds is 8. The van der Waals surface area contributed by atoms with Crippen molar-refractivity contribution in [3.63, 3.8) is 0 Å². The van der Waals surface area contributed by atoms with Crippen molar-refractivity contribution in [1.29, 1.82) is 0 Å². The molecule has 4 aromatic carbocycles. The van der Waals surface area contributed by atoms with Crippen molar-refractivity contribution in [2.45, 2.75) is 10.1 Å². The summed E-state index contributed by atoms with van der Waals surface area (Å²) in [7, 11) is -1.34. The topological polar surface area (TPSA) is 25.8 Å². The SMILES string of the molecule is C=CC[PH+](c1ccccc1)c1ccccc1.C=CC[PH+](c1ccccc1)c1ccccc1.[Pt+2].[S-]c1ccccn1.[S-]c1ccccn1. The van der Waals surface area contributed by atoms with E-state index in [1.54, 1.807) is 24.5 Å². The van der Waals surface area contributed by atoms with Crippen LogP contribution < -0.4 is 21.2 Å². The molecule has 0 N–H and O–H groups in total. The number of benzene rings is 4. The average molecular weight is 870 g/mol. The van der Waals surface area contributed by atoms with E-state index >= 15 is 0 Å². The average Bonchev–Trinajstić information content (AvgIpc) is 3.12. The van der Waals surface area contributed by atoms with Gasteiger partial charge in [0.05, 0.1) is 49.4 Å². The number of nitrogens with zero attached hydrogens (tertiary/aromatic N) is 2. The second-order valence-corrected chi connectivity index (χ2v) is 15.6. The molecule has 6 aromatic rings. The molecule has 2 nitrogen and oxygen atoms in total. The summed E-state index contributed by atoms with van der Waals surface area (Å²) in [6.45, 7) is 7.75. The fourth-order valence-corrected chi connectivity index (χ4v) is 9.19. The van der Waals surface area contributed by atoms with Crippen LogP contribution in [0.3, 0.4) is 0 Å². The van der Waals surface area contributed by atoms with Gasteiger partial charge < -0.3 is 25.3 Å². The van der Waals surface area contributed by atoms with Gasteiger partial charge in [0.15, 0.2) is 0 Å². The maximum atomic E-state index is 4.70. The molecule has 0 aliphatic carbocycles. The number of hydrogen-bond acceptors (Lipinski definition) is 4. The largest absolute Gasteiger partial charge is 2.00 e. The van der Waals surface area contributed by atoms with Gasteiger partial charge in [-0.05, 0) is 60.7 Å². The minimum Gasteiger partial charge on any atom is -0.760 e. The first-order chi connectivity index (χ1) is 22.6. The summed E-state index contributed by atoms with van der Waals surface area (Å²) in [5.41, 5.74) is 0. The third-order valence-electron chi connectivity index (χ3n) is 6.46. The zero-order chi connectivity index (χ0) is 32.7. The minimum atomic E-state index is -0.669. The third kappa shape index (κ3) is 15.9. The van der Waals surface area contributed by atoms with Crippen LogP contribution in [-0.2, 0) is 46.3 Å². The fraction of sp³-hybridized carbons (Fsp3) is 0.0500. The molecule has 0 aliphatic rings. The number of aromatic nitrogens is 2. The molecule has 0 spiro atoms. The molecule has 0 bridgehead atoms. The zero-order valence-corrected chi connectivity index (χ0v) is 32.1. The van der Waals surface area contributed by atoms with E-state index in [4.69, 9.17) is 25.3 Å². The molecule has 240 valence electrons. The summed E-state index contributed by atoms with van der Waals surface area (Å²) < 4.78 is 0. The van der Waals surface area contributed by atoms with Crippen LogP contribution in [0.2, 0.25) is 0 Å². The summed E-state index contributed by atoms with van der Waals surface area (Å²) in [6.07, 6.45) is 9.60. The molecule has 47 heavy (non-hydrogen) atoms. The van der Waals surface area contributed by atoms with E-state index in [2.05, 4.69) is 144 Å². The van der Waals surface area contributed by atoms with E-state index in [9.17, 15) is 0 Å². The molecule has 0 atom stereocenters. The summed E-state index contributed by atoms with van der Waals surface area (Å²) >= 11 is 9.40. The van der Waals surface area contributed by atoms with Crippen LogP contribution in [0.5, 0.6) is 0 Å². The Morgan fingerprint density at radius 2 is 0.681 bits per heavy atom. The molecule has 2 heterocycles. The number of allylic oxidation sites excluding steroid dienone is 2. The van der Waals surface area contributed by atoms with Crippen LogP contribution in [0.1, 0.15) is 0 Å². The smallest absolute Gasteiger partial charge is 0.760 e. The minimum absolute atomic E-state index is 0. The standard InChI is InChI=1S/2C15H15P.2C5H5NS.Pt/c2*1-2-13-16(14-9-5-3-6-10-14)15-11-7-4-8-12-15;2*7-5-3-1-2-4-6-5;/h2*2-12H,1,13H2;2*1-4H,(H,6,7);/q;;;;+2. The Morgan fingerprint density at radius 3 is 0.851 bits per heavy atom. The van der Waals surface area contributed by atoms with Gasteiger partial charge in [-0.25, -0.2) is 0 Å². The van der Waals surface area contributed by atoms with Crippen molar-refractivity contribution in [2.75, 3.05) is 12.3 Å². The van der Waals surface area contributed by atoms with Gasteiger partial charge in [-0.2, -0.15) is 0 Å². The quantitative estimate of drug-likeness (QED) is 0.0880. The maximum absolute atomic E-state index is 4.70. The van der Waals surface area contributed by atoms with Gasteiger partial charge in [0.2, 0.25) is 0 Å². The fourth-order valence-electron chi connectivity index (χ4n) is 4.34. The predicted molar refractivity (Wildman–Crippen MR) is 211 cm³/mol. The van der Waals surface area contributed by atoms with Gasteiger partial charge >= 0.3 is 21.1 Å². The molecular weight excluding hydrogens is 830 g/mol. The van der Waals surface area contributed by atoms with E-state index in [0.717, 1.165) is 12.3 Å². The molecule has 6 rings (SSSR count). The molecule has 0 fully saturated rings. The molecule has 0 amide bonds. The summed E-state index contributed by atoms with van der Waals surface area (Å²) in [5, 5.41) is 7.14. The third-order valence-corrected chi connectivity index (χ3v) is 12.5. The Bertz CT molecular complexity index is 1430. The van der Waals surface area contributed by atoms with Crippen molar-refractivity contribution in [3.8, 4) is 0 Å². The van der Waals surface area contributed by atoms with E-state index in [1.165, 1.54) is 21.2 Å². The van der Waals surface area contributed by atoms with Crippen LogP contribution in [-0.4, -0.2) is 22.3 Å². The van der Waals surface area contributed by atoms with Crippen LogP contribution in [0, 0.1) is 0 Å². The van der Waals surface area contributed by atoms with Crippen LogP contribution in [0.4, 0.5) is 0 Å². The van der Waals surface area contributed by atoms with E-state index in [-0.39, 0.29) is 21.1 Å². The van der Waals surface area contributed by atoms with E-state index < -0.39 is 15.8 Å². The van der Waals surface area contributed by atoms with Crippen LogP contribution in [0.25, 0.3) is 0 Å². The van der Waals surface area contributed by atoms with Gasteiger partial charge in [0.1, 0.15) is 0 Å². The van der Waals surface area contributed by atoms with Gasteiger partial charge in [0.25, 0.3) is 0 Å². The van der Waals surface area contributed by atoms with Crippen molar-refractivity contribution in [2.24, 2.45) is 0 Å². The maximum Gasteiger partial charge on any atom is 2.00 e. The number of hydrogen-bond donors (Lipinski definition) is 0. The Balaban J connectivity index is 0.000000231. The zero-order valence-electron chi connectivity index (χ0n) is 26.2. The van der Waals surface area contributed by atoms with Crippen LogP contribution in [0.15, 0.2) is 205 Å². The van der Waals surface area contributed by atoms with Crippen molar-refractivity contribution in [1.82, 2.24) is 9.97 Å². The van der Waals surface area contributed by atoms with Crippen molar-refractivity contribution in [3.05, 3.63) is 195 Å². The van der Waals surface area contributed by atoms with Crippen molar-refractivity contribution < 1.29 is 21.1 Å². The predicted octanol–water partition coefficient (Wildman–Crippen LogP) is 8.05. The molecule has 7 heteroatoms. The summed E-state index contributed by atoms with van der Waals surface area (Å²) in [4.78, 5) is 7.59. The first-order valence-electron chi connectivity index (χ1n) is 14.9. The molecule has 0 saturated heterocycles. The molecule has 0 radical (unpaired) electrons. The summed E-state index contributed by atoms with van der Waals surface area (Å²) in [6, 6.07) is 54.0. The first kappa shape index (κ1) is 39.8. The Morgan fingerprint density at radius 1 is 0.426 bits per heavy atom. The Kier molecular flexibility index (Phi) is 21.0. The molecule has 0 unspecified atom stereocenters. The van der Waals surface area contributed by atoms with Crippen molar-refractivity contribution >= 4 is 62.3 Å². The Labute approximate surface area is 309 Å². The van der Waals surface area contributed by atoms with E-state index in [1.807, 2.05) is 36.4 Å². The molecular formula is C40H40N2P2PtS2+2. The molecule has 0 aliphatic heterocycles. The molecule has 0 saturated carbocycles. The van der Waals surface area contributed by atoms with E-state index in [0.29, 0.717) is 10.1 Å². The van der Waals surface area contributed by atoms with Gasteiger partial charge in [-0.3, -0.25) is 9.97 Å². The number of pyridine rings is 2. The van der Waals surface area contributed by atoms with Gasteiger partial charge in [0, 0.05) is 12.4 Å². The summed E-state index contributed by atoms with van der Waals surface area (Å²) in [5.74, 6) is 0. The normalized spacial score (nSPS) is 9.57. The van der Waals surface area contributed by atoms with Gasteiger partial charge in [-0.15, -0.1) is 0 Å². The molecule has 2 aromatic heterocycles. The second-order valence-electron chi connectivity index (χ2n) is 9.74. The monoisotopic (exact) mass is 869 g/mol. The van der Waals surface area contributed by atoms with Crippen LogP contribution >= 0.6 is 15.8 Å². The second kappa shape index (κ2) is 24.8. The van der Waals surface area contributed by atoms with Gasteiger partial charge in [-0.1, -0.05) is 132 Å². The Hall–Kier alpha value is -3.35. The first-order valence-corrected chi connectivity index (χ1v) is 19.2.